The zero-order valence-electron chi connectivity index (χ0n) is 12.1. The van der Waals surface area contributed by atoms with Gasteiger partial charge in [0.2, 0.25) is 0 Å². The van der Waals surface area contributed by atoms with Gasteiger partial charge in [-0.15, -0.1) is 0 Å². The number of nitrogens with zero attached hydrogens (tertiary/aromatic N) is 3. The van der Waals surface area contributed by atoms with Crippen LogP contribution in [0, 0.1) is 0 Å². The Labute approximate surface area is 115 Å². The minimum Gasteiger partial charge on any atom is -0.372 e. The van der Waals surface area contributed by atoms with Gasteiger partial charge in [-0.3, -0.25) is 0 Å². The van der Waals surface area contributed by atoms with Gasteiger partial charge in [0.1, 0.15) is 24.5 Å². The fourth-order valence-corrected chi connectivity index (χ4v) is 2.61. The minimum absolute atomic E-state index is 0.550. The predicted octanol–water partition coefficient (Wildman–Crippen LogP) is 2.79. The Hall–Kier alpha value is -1.40. The van der Waals surface area contributed by atoms with E-state index >= 15 is 0 Å². The van der Waals surface area contributed by atoms with Crippen molar-refractivity contribution >= 4 is 24.9 Å². The molecule has 0 aliphatic rings. The van der Waals surface area contributed by atoms with Crippen LogP contribution in [0.5, 0.6) is 0 Å². The second-order valence-electron chi connectivity index (χ2n) is 5.84. The zero-order chi connectivity index (χ0) is 13.9. The molecule has 2 rings (SSSR count). The monoisotopic (exact) mass is 278 g/mol. The lowest BCUT2D eigenvalue weighted by molar-refractivity contribution is 0.0899. The van der Waals surface area contributed by atoms with E-state index in [9.17, 15) is 0 Å². The van der Waals surface area contributed by atoms with Gasteiger partial charge in [-0.25, -0.2) is 9.97 Å². The highest BCUT2D eigenvalue weighted by molar-refractivity contribution is 6.76. The SMILES string of the molecule is CNc1ncnc2c1ccn2COCC[Si](C)(C)C. The molecule has 0 unspecified atom stereocenters. The maximum absolute atomic E-state index is 5.75. The van der Waals surface area contributed by atoms with Crippen LogP contribution in [0.25, 0.3) is 11.0 Å². The van der Waals surface area contributed by atoms with Crippen molar-refractivity contribution in [3.05, 3.63) is 18.6 Å². The summed E-state index contributed by atoms with van der Waals surface area (Å²) in [4.78, 5) is 8.51. The van der Waals surface area contributed by atoms with Gasteiger partial charge in [-0.2, -0.15) is 0 Å². The zero-order valence-corrected chi connectivity index (χ0v) is 13.1. The number of rotatable bonds is 6. The van der Waals surface area contributed by atoms with Gasteiger partial charge in [0.15, 0.2) is 0 Å². The third kappa shape index (κ3) is 3.54. The molecule has 2 aromatic heterocycles. The number of nitrogens with one attached hydrogen (secondary N) is 1. The minimum atomic E-state index is -1.02. The van der Waals surface area contributed by atoms with E-state index in [1.54, 1.807) is 6.33 Å². The molecule has 0 spiro atoms. The Morgan fingerprint density at radius 2 is 2.11 bits per heavy atom. The molecule has 0 aliphatic heterocycles. The van der Waals surface area contributed by atoms with E-state index < -0.39 is 8.07 Å². The van der Waals surface area contributed by atoms with E-state index in [1.807, 2.05) is 23.9 Å². The van der Waals surface area contributed by atoms with E-state index in [4.69, 9.17) is 4.74 Å². The fraction of sp³-hybridized carbons (Fsp3) is 0.538. The summed E-state index contributed by atoms with van der Waals surface area (Å²) in [5, 5.41) is 4.10. The average Bonchev–Trinajstić information content (AvgIpc) is 2.76. The van der Waals surface area contributed by atoms with Crippen LogP contribution in [-0.2, 0) is 11.5 Å². The quantitative estimate of drug-likeness (QED) is 0.652. The lowest BCUT2D eigenvalue weighted by Gasteiger charge is -2.15. The number of anilines is 1. The highest BCUT2D eigenvalue weighted by Crippen LogP contribution is 2.19. The summed E-state index contributed by atoms with van der Waals surface area (Å²) in [6.45, 7) is 8.43. The predicted molar refractivity (Wildman–Crippen MR) is 81.2 cm³/mol. The second-order valence-corrected chi connectivity index (χ2v) is 11.5. The lowest BCUT2D eigenvalue weighted by atomic mass is 10.4. The normalized spacial score (nSPS) is 12.0. The molecule has 6 heteroatoms. The van der Waals surface area contributed by atoms with E-state index in [-0.39, 0.29) is 0 Å². The molecule has 19 heavy (non-hydrogen) atoms. The lowest BCUT2D eigenvalue weighted by Crippen LogP contribution is -2.22. The molecule has 5 nitrogen and oxygen atoms in total. The smallest absolute Gasteiger partial charge is 0.147 e. The van der Waals surface area contributed by atoms with Crippen molar-refractivity contribution in [3.8, 4) is 0 Å². The number of aromatic nitrogens is 3. The Morgan fingerprint density at radius 1 is 1.32 bits per heavy atom. The molecular formula is C13H22N4OSi. The molecule has 1 N–H and O–H groups in total. The van der Waals surface area contributed by atoms with Gasteiger partial charge in [-0.1, -0.05) is 19.6 Å². The first kappa shape index (κ1) is 14.0. The number of hydrogen-bond donors (Lipinski definition) is 1. The van der Waals surface area contributed by atoms with Crippen molar-refractivity contribution in [3.63, 3.8) is 0 Å². The summed E-state index contributed by atoms with van der Waals surface area (Å²) >= 11 is 0. The van der Waals surface area contributed by atoms with Crippen molar-refractivity contribution in [2.75, 3.05) is 19.0 Å². The van der Waals surface area contributed by atoms with Crippen molar-refractivity contribution in [1.29, 1.82) is 0 Å². The van der Waals surface area contributed by atoms with Crippen molar-refractivity contribution in [2.24, 2.45) is 0 Å². The van der Waals surface area contributed by atoms with Gasteiger partial charge >= 0.3 is 0 Å². The third-order valence-corrected chi connectivity index (χ3v) is 4.72. The molecule has 0 saturated heterocycles. The maximum atomic E-state index is 5.75. The van der Waals surface area contributed by atoms with Crippen LogP contribution >= 0.6 is 0 Å². The van der Waals surface area contributed by atoms with Gasteiger partial charge in [0.05, 0.1) is 5.39 Å². The molecule has 0 atom stereocenters. The summed E-state index contributed by atoms with van der Waals surface area (Å²) in [5.41, 5.74) is 0.910. The molecule has 0 amide bonds. The Kier molecular flexibility index (Phi) is 4.21. The number of ether oxygens (including phenoxy) is 1. The summed E-state index contributed by atoms with van der Waals surface area (Å²) in [6.07, 6.45) is 3.57. The van der Waals surface area contributed by atoms with E-state index in [0.29, 0.717) is 6.73 Å². The van der Waals surface area contributed by atoms with Gasteiger partial charge in [-0.05, 0) is 12.1 Å². The molecule has 0 aliphatic carbocycles. The van der Waals surface area contributed by atoms with E-state index in [1.165, 1.54) is 6.04 Å². The summed E-state index contributed by atoms with van der Waals surface area (Å²) < 4.78 is 7.77. The maximum Gasteiger partial charge on any atom is 0.147 e. The van der Waals surface area contributed by atoms with Gasteiger partial charge in [0.25, 0.3) is 0 Å². The first-order valence-corrected chi connectivity index (χ1v) is 10.3. The largest absolute Gasteiger partial charge is 0.372 e. The third-order valence-electron chi connectivity index (χ3n) is 3.02. The van der Waals surface area contributed by atoms with Gasteiger partial charge in [0, 0.05) is 27.9 Å². The topological polar surface area (TPSA) is 52.0 Å². The van der Waals surface area contributed by atoms with Crippen LogP contribution in [-0.4, -0.2) is 36.3 Å². The van der Waals surface area contributed by atoms with Crippen LogP contribution in [0.2, 0.25) is 25.7 Å². The molecule has 0 aromatic carbocycles. The fourth-order valence-electron chi connectivity index (χ4n) is 1.85. The van der Waals surface area contributed by atoms with Crippen LogP contribution in [0.3, 0.4) is 0 Å². The van der Waals surface area contributed by atoms with Crippen molar-refractivity contribution in [2.45, 2.75) is 32.4 Å². The average molecular weight is 278 g/mol. The van der Waals surface area contributed by atoms with Crippen LogP contribution in [0.4, 0.5) is 5.82 Å². The standard InChI is InChI=1S/C13H22N4OSi/c1-14-12-11-5-6-17(13(11)16-9-15-12)10-18-7-8-19(2,3)4/h5-6,9H,7-8,10H2,1-4H3,(H,14,15,16). The van der Waals surface area contributed by atoms with Gasteiger partial charge < -0.3 is 14.6 Å². The molecule has 0 saturated carbocycles. The molecule has 104 valence electrons. The Balaban J connectivity index is 2.02. The van der Waals surface area contributed by atoms with Crippen LogP contribution in [0.1, 0.15) is 0 Å². The Morgan fingerprint density at radius 3 is 2.79 bits per heavy atom. The molecule has 0 radical (unpaired) electrons. The second kappa shape index (κ2) is 5.71. The summed E-state index contributed by atoms with van der Waals surface area (Å²) in [6, 6.07) is 3.20. The van der Waals surface area contributed by atoms with Crippen LogP contribution in [0.15, 0.2) is 18.6 Å². The summed E-state index contributed by atoms with van der Waals surface area (Å²) in [5.74, 6) is 0.853. The van der Waals surface area contributed by atoms with Crippen molar-refractivity contribution < 1.29 is 4.74 Å². The first-order chi connectivity index (χ1) is 9.01. The summed E-state index contributed by atoms with van der Waals surface area (Å²) in [7, 11) is 0.847. The van der Waals surface area contributed by atoms with E-state index in [0.717, 1.165) is 23.5 Å². The highest BCUT2D eigenvalue weighted by Gasteiger charge is 2.12. The Bertz CT molecular complexity index is 547. The first-order valence-electron chi connectivity index (χ1n) is 6.56. The van der Waals surface area contributed by atoms with Crippen molar-refractivity contribution in [1.82, 2.24) is 14.5 Å². The highest BCUT2D eigenvalue weighted by atomic mass is 28.3. The van der Waals surface area contributed by atoms with Crippen LogP contribution < -0.4 is 5.32 Å². The van der Waals surface area contributed by atoms with E-state index in [2.05, 4.69) is 34.9 Å². The molecule has 0 fully saturated rings. The number of fused-ring (bicyclic) bond motifs is 1. The molecule has 2 aromatic rings. The molecule has 0 bridgehead atoms. The molecule has 2 heterocycles. The number of hydrogen-bond acceptors (Lipinski definition) is 4. The molecular weight excluding hydrogens is 256 g/mol.